The zero-order chi connectivity index (χ0) is 24.2. The molecule has 174 valence electrons. The topological polar surface area (TPSA) is 107 Å². The number of amides is 2. The minimum absolute atomic E-state index is 0.105. The van der Waals surface area contributed by atoms with Gasteiger partial charge < -0.3 is 10.6 Å². The summed E-state index contributed by atoms with van der Waals surface area (Å²) in [7, 11) is 0. The first-order chi connectivity index (χ1) is 16.5. The number of hydrogen-bond acceptors (Lipinski definition) is 6. The molecule has 0 spiro atoms. The van der Waals surface area contributed by atoms with Gasteiger partial charge >= 0.3 is 0 Å². The van der Waals surface area contributed by atoms with E-state index in [0.29, 0.717) is 0 Å². The molecule has 0 unspecified atom stereocenters. The highest BCUT2D eigenvalue weighted by atomic mass is 16.2. The van der Waals surface area contributed by atoms with E-state index in [9.17, 15) is 9.59 Å². The Morgan fingerprint density at radius 2 is 1.03 bits per heavy atom. The number of hydrazone groups is 2. The highest BCUT2D eigenvalue weighted by Gasteiger charge is 2.03. The van der Waals surface area contributed by atoms with E-state index < -0.39 is 0 Å². The van der Waals surface area contributed by atoms with Crippen LogP contribution in [0.5, 0.6) is 0 Å². The Morgan fingerprint density at radius 1 is 0.647 bits per heavy atom. The van der Waals surface area contributed by atoms with Crippen molar-refractivity contribution in [3.63, 3.8) is 0 Å². The molecule has 0 aliphatic heterocycles. The monoisotopic (exact) mass is 456 g/mol. The Kier molecular flexibility index (Phi) is 8.92. The summed E-state index contributed by atoms with van der Waals surface area (Å²) >= 11 is 0. The van der Waals surface area contributed by atoms with E-state index in [1.165, 1.54) is 12.4 Å². The summed E-state index contributed by atoms with van der Waals surface area (Å²) in [4.78, 5) is 24.1. The smallest absolute Gasteiger partial charge is 0.259 e. The fraction of sp³-hybridized carbons (Fsp3) is 0.154. The zero-order valence-corrected chi connectivity index (χ0v) is 19.2. The van der Waals surface area contributed by atoms with Crippen molar-refractivity contribution >= 4 is 35.6 Å². The molecule has 0 aliphatic rings. The molecule has 0 heterocycles. The van der Waals surface area contributed by atoms with Gasteiger partial charge in [-0.25, -0.2) is 10.9 Å². The van der Waals surface area contributed by atoms with Crippen molar-refractivity contribution in [2.24, 2.45) is 10.2 Å². The lowest BCUT2D eigenvalue weighted by atomic mass is 10.1. The molecule has 8 heteroatoms. The quantitative estimate of drug-likeness (QED) is 0.277. The number of nitrogens with one attached hydrogen (secondary N) is 4. The SMILES string of the molecule is Cc1ccccc1NCC(=O)NN=Cc1ccccc1C=NNC(=O)CNc1ccccc1C. The van der Waals surface area contributed by atoms with Gasteiger partial charge in [0.15, 0.2) is 0 Å². The Labute approximate surface area is 199 Å². The van der Waals surface area contributed by atoms with Crippen molar-refractivity contribution in [1.82, 2.24) is 10.9 Å². The van der Waals surface area contributed by atoms with Gasteiger partial charge in [0.2, 0.25) is 0 Å². The second-order valence-electron chi connectivity index (χ2n) is 7.55. The largest absolute Gasteiger partial charge is 0.376 e. The van der Waals surface area contributed by atoms with Gasteiger partial charge in [0.25, 0.3) is 11.8 Å². The second kappa shape index (κ2) is 12.5. The van der Waals surface area contributed by atoms with Gasteiger partial charge in [-0.2, -0.15) is 10.2 Å². The molecule has 0 fully saturated rings. The van der Waals surface area contributed by atoms with Crippen molar-refractivity contribution in [1.29, 1.82) is 0 Å². The number of anilines is 2. The van der Waals surface area contributed by atoms with E-state index in [2.05, 4.69) is 31.7 Å². The molecule has 0 atom stereocenters. The van der Waals surface area contributed by atoms with E-state index in [-0.39, 0.29) is 24.9 Å². The number of benzene rings is 3. The molecule has 0 bridgehead atoms. The maximum Gasteiger partial charge on any atom is 0.259 e. The Bertz CT molecular complexity index is 1100. The van der Waals surface area contributed by atoms with Crippen LogP contribution >= 0.6 is 0 Å². The van der Waals surface area contributed by atoms with Crippen molar-refractivity contribution < 1.29 is 9.59 Å². The third-order valence-electron chi connectivity index (χ3n) is 4.95. The average molecular weight is 457 g/mol. The second-order valence-corrected chi connectivity index (χ2v) is 7.55. The average Bonchev–Trinajstić information content (AvgIpc) is 2.84. The molecule has 0 aliphatic carbocycles. The van der Waals surface area contributed by atoms with Crippen LogP contribution in [0.2, 0.25) is 0 Å². The molecular formula is C26H28N6O2. The van der Waals surface area contributed by atoms with Crippen LogP contribution in [0.4, 0.5) is 11.4 Å². The number of rotatable bonds is 10. The van der Waals surface area contributed by atoms with Crippen molar-refractivity contribution in [3.8, 4) is 0 Å². The first-order valence-corrected chi connectivity index (χ1v) is 10.8. The van der Waals surface area contributed by atoms with Gasteiger partial charge in [-0.3, -0.25) is 9.59 Å². The van der Waals surface area contributed by atoms with Crippen LogP contribution in [0.25, 0.3) is 0 Å². The molecule has 3 aromatic rings. The summed E-state index contributed by atoms with van der Waals surface area (Å²) in [6.07, 6.45) is 3.07. The van der Waals surface area contributed by atoms with Crippen molar-refractivity contribution in [2.45, 2.75) is 13.8 Å². The van der Waals surface area contributed by atoms with E-state index in [0.717, 1.165) is 33.6 Å². The molecule has 0 saturated carbocycles. The summed E-state index contributed by atoms with van der Waals surface area (Å²) in [5.41, 5.74) is 10.4. The standard InChI is InChI=1S/C26H28N6O2/c1-19-9-3-7-13-23(19)27-17-25(33)31-29-15-21-11-5-6-12-22(21)16-30-32-26(34)18-28-24-14-8-4-10-20(24)2/h3-16,27-28H,17-18H2,1-2H3,(H,31,33)(H,32,34). The van der Waals surface area contributed by atoms with Crippen LogP contribution in [-0.4, -0.2) is 37.3 Å². The van der Waals surface area contributed by atoms with E-state index in [1.807, 2.05) is 86.6 Å². The molecule has 8 nitrogen and oxygen atoms in total. The molecule has 0 saturated heterocycles. The van der Waals surface area contributed by atoms with Gasteiger partial charge in [-0.15, -0.1) is 0 Å². The number of nitrogens with zero attached hydrogens (tertiary/aromatic N) is 2. The summed E-state index contributed by atoms with van der Waals surface area (Å²) in [6, 6.07) is 22.9. The molecule has 3 rings (SSSR count). The van der Waals surface area contributed by atoms with Gasteiger partial charge in [-0.05, 0) is 37.1 Å². The number of para-hydroxylation sites is 2. The summed E-state index contributed by atoms with van der Waals surface area (Å²) in [5, 5.41) is 14.2. The van der Waals surface area contributed by atoms with Gasteiger partial charge in [-0.1, -0.05) is 60.7 Å². The predicted molar refractivity (Wildman–Crippen MR) is 137 cm³/mol. The lowest BCUT2D eigenvalue weighted by Crippen LogP contribution is -2.26. The maximum absolute atomic E-state index is 12.1. The highest BCUT2D eigenvalue weighted by Crippen LogP contribution is 2.13. The molecule has 2 amide bonds. The Hall–Kier alpha value is -4.46. The van der Waals surface area contributed by atoms with Crippen LogP contribution in [-0.2, 0) is 9.59 Å². The third kappa shape index (κ3) is 7.59. The van der Waals surface area contributed by atoms with Crippen molar-refractivity contribution in [3.05, 3.63) is 95.1 Å². The summed E-state index contributed by atoms with van der Waals surface area (Å²) < 4.78 is 0. The lowest BCUT2D eigenvalue weighted by molar-refractivity contribution is -0.120. The molecule has 0 radical (unpaired) electrons. The highest BCUT2D eigenvalue weighted by molar-refractivity contribution is 5.95. The summed E-state index contributed by atoms with van der Waals surface area (Å²) in [6.45, 7) is 4.15. The molecule has 3 aromatic carbocycles. The number of hydrogen-bond donors (Lipinski definition) is 4. The minimum atomic E-state index is -0.265. The van der Waals surface area contributed by atoms with Crippen LogP contribution in [0.3, 0.4) is 0 Å². The van der Waals surface area contributed by atoms with Crippen LogP contribution in [0.15, 0.2) is 83.0 Å². The fourth-order valence-corrected chi connectivity index (χ4v) is 3.07. The van der Waals surface area contributed by atoms with E-state index in [4.69, 9.17) is 0 Å². The molecule has 0 aromatic heterocycles. The third-order valence-corrected chi connectivity index (χ3v) is 4.95. The first-order valence-electron chi connectivity index (χ1n) is 10.8. The van der Waals surface area contributed by atoms with Gasteiger partial charge in [0.1, 0.15) is 0 Å². The number of carbonyl (C=O) groups is 2. The number of aryl methyl sites for hydroxylation is 2. The van der Waals surface area contributed by atoms with Crippen LogP contribution in [0, 0.1) is 13.8 Å². The number of carbonyl (C=O) groups excluding carboxylic acids is 2. The molecular weight excluding hydrogens is 428 g/mol. The van der Waals surface area contributed by atoms with Gasteiger partial charge in [0, 0.05) is 22.5 Å². The Morgan fingerprint density at radius 3 is 1.44 bits per heavy atom. The Balaban J connectivity index is 1.47. The van der Waals surface area contributed by atoms with Crippen LogP contribution in [0.1, 0.15) is 22.3 Å². The maximum atomic E-state index is 12.1. The lowest BCUT2D eigenvalue weighted by Gasteiger charge is -2.08. The fourth-order valence-electron chi connectivity index (χ4n) is 3.07. The molecule has 4 N–H and O–H groups in total. The predicted octanol–water partition coefficient (Wildman–Crippen LogP) is 3.43. The van der Waals surface area contributed by atoms with E-state index >= 15 is 0 Å². The van der Waals surface area contributed by atoms with Crippen molar-refractivity contribution in [2.75, 3.05) is 23.7 Å². The first kappa shape index (κ1) is 24.2. The minimum Gasteiger partial charge on any atom is -0.376 e. The van der Waals surface area contributed by atoms with Crippen LogP contribution < -0.4 is 21.5 Å². The van der Waals surface area contributed by atoms with E-state index in [1.54, 1.807) is 0 Å². The zero-order valence-electron chi connectivity index (χ0n) is 19.2. The molecule has 34 heavy (non-hydrogen) atoms. The van der Waals surface area contributed by atoms with Gasteiger partial charge in [0.05, 0.1) is 25.5 Å². The normalized spacial score (nSPS) is 10.9. The summed E-state index contributed by atoms with van der Waals surface area (Å²) in [5.74, 6) is -0.530.